The Bertz CT molecular complexity index is 1410. The van der Waals surface area contributed by atoms with Crippen molar-refractivity contribution < 1.29 is 4.52 Å². The smallest absolute Gasteiger partial charge is 0.258 e. The first-order valence-electron chi connectivity index (χ1n) is 15.2. The number of benzene rings is 2. The Labute approximate surface area is 260 Å². The second kappa shape index (κ2) is 22.4. The summed E-state index contributed by atoms with van der Waals surface area (Å²) >= 11 is 1.83. The van der Waals surface area contributed by atoms with Crippen LogP contribution in [0.15, 0.2) is 81.6 Å². The van der Waals surface area contributed by atoms with Crippen LogP contribution in [0.1, 0.15) is 124 Å². The molecule has 0 aliphatic rings. The van der Waals surface area contributed by atoms with E-state index in [1.165, 1.54) is 10.4 Å². The van der Waals surface area contributed by atoms with Gasteiger partial charge in [0.1, 0.15) is 0 Å². The molecule has 0 unspecified atom stereocenters. The molecule has 5 aromatic rings. The van der Waals surface area contributed by atoms with Crippen LogP contribution < -0.4 is 5.56 Å². The Kier molecular flexibility index (Phi) is 21.9. The normalized spacial score (nSPS) is 9.62. The fourth-order valence-electron chi connectivity index (χ4n) is 3.85. The van der Waals surface area contributed by atoms with Gasteiger partial charge in [-0.15, -0.1) is 11.3 Å². The van der Waals surface area contributed by atoms with Gasteiger partial charge in [0.05, 0.1) is 5.69 Å². The second-order valence-electron chi connectivity index (χ2n) is 9.59. The molecular weight excluding hydrogens is 536 g/mol. The molecule has 0 radical (unpaired) electrons. The molecular formula is C37H58N2O2S. The lowest BCUT2D eigenvalue weighted by Crippen LogP contribution is -2.17. The number of para-hydroxylation sites is 1. The van der Waals surface area contributed by atoms with Gasteiger partial charge in [-0.1, -0.05) is 132 Å². The second-order valence-corrected chi connectivity index (χ2v) is 10.6. The first-order valence-corrected chi connectivity index (χ1v) is 16.0. The van der Waals surface area contributed by atoms with Gasteiger partial charge in [0.25, 0.3) is 5.56 Å². The number of hydrogen-bond acceptors (Lipinski definition) is 4. The Morgan fingerprint density at radius 2 is 1.21 bits per heavy atom. The van der Waals surface area contributed by atoms with Crippen molar-refractivity contribution in [1.82, 2.24) is 9.72 Å². The van der Waals surface area contributed by atoms with Crippen molar-refractivity contribution in [3.8, 4) is 0 Å². The van der Waals surface area contributed by atoms with Gasteiger partial charge in [-0.2, -0.15) is 0 Å². The summed E-state index contributed by atoms with van der Waals surface area (Å²) in [7, 11) is 1.81. The lowest BCUT2D eigenvalue weighted by molar-refractivity contribution is 0.441. The maximum absolute atomic E-state index is 11.9. The minimum Gasteiger partial charge on any atom is -0.356 e. The van der Waals surface area contributed by atoms with Crippen molar-refractivity contribution in [3.05, 3.63) is 98.7 Å². The number of thiophene rings is 1. The molecule has 0 bridgehead atoms. The van der Waals surface area contributed by atoms with Gasteiger partial charge in [-0.3, -0.25) is 4.79 Å². The first-order chi connectivity index (χ1) is 19.7. The molecule has 0 amide bonds. The average Bonchev–Trinajstić information content (AvgIpc) is 3.70. The van der Waals surface area contributed by atoms with Crippen LogP contribution in [0.2, 0.25) is 0 Å². The zero-order valence-electron chi connectivity index (χ0n) is 27.8. The van der Waals surface area contributed by atoms with E-state index in [1.807, 2.05) is 108 Å². The van der Waals surface area contributed by atoms with Gasteiger partial charge < -0.3 is 9.09 Å². The third kappa shape index (κ3) is 12.0. The van der Waals surface area contributed by atoms with Crippen molar-refractivity contribution in [2.75, 3.05) is 0 Å². The van der Waals surface area contributed by atoms with E-state index < -0.39 is 0 Å². The van der Waals surface area contributed by atoms with Crippen molar-refractivity contribution in [1.29, 1.82) is 0 Å². The highest BCUT2D eigenvalue weighted by molar-refractivity contribution is 7.10. The topological polar surface area (TPSA) is 48.0 Å². The third-order valence-electron chi connectivity index (χ3n) is 5.81. The van der Waals surface area contributed by atoms with Crippen LogP contribution in [0.25, 0.3) is 21.7 Å². The van der Waals surface area contributed by atoms with E-state index >= 15 is 0 Å². The van der Waals surface area contributed by atoms with Gasteiger partial charge in [-0.25, -0.2) is 0 Å². The molecule has 0 aliphatic carbocycles. The number of pyridine rings is 1. The molecule has 4 nitrogen and oxygen atoms in total. The van der Waals surface area contributed by atoms with E-state index in [9.17, 15) is 4.79 Å². The summed E-state index contributed by atoms with van der Waals surface area (Å²) in [6, 6.07) is 20.0. The summed E-state index contributed by atoms with van der Waals surface area (Å²) in [4.78, 5) is 13.3. The lowest BCUT2D eigenvalue weighted by atomic mass is 9.99. The third-order valence-corrected chi connectivity index (χ3v) is 6.98. The van der Waals surface area contributed by atoms with Crippen LogP contribution >= 0.6 is 11.3 Å². The zero-order valence-corrected chi connectivity index (χ0v) is 28.6. The van der Waals surface area contributed by atoms with Gasteiger partial charge in [0.15, 0.2) is 5.58 Å². The first kappa shape index (κ1) is 41.0. The number of nitrogens with zero attached hydrogens (tertiary/aromatic N) is 2. The van der Waals surface area contributed by atoms with Gasteiger partial charge in [-0.05, 0) is 58.3 Å². The summed E-state index contributed by atoms with van der Waals surface area (Å²) in [5.74, 6) is 1.56. The molecule has 0 atom stereocenters. The number of hydrogen-bond donors (Lipinski definition) is 0. The van der Waals surface area contributed by atoms with Crippen LogP contribution in [-0.2, 0) is 7.05 Å². The Morgan fingerprint density at radius 3 is 1.67 bits per heavy atom. The summed E-state index contributed by atoms with van der Waals surface area (Å²) < 4.78 is 6.82. The number of aromatic nitrogens is 2. The summed E-state index contributed by atoms with van der Waals surface area (Å²) in [6.45, 7) is 24.9. The van der Waals surface area contributed by atoms with Crippen LogP contribution in [0, 0.1) is 0 Å². The summed E-state index contributed by atoms with van der Waals surface area (Å²) in [5.41, 5.74) is 3.23. The fourth-order valence-corrected chi connectivity index (χ4v) is 4.59. The van der Waals surface area contributed by atoms with Crippen molar-refractivity contribution in [2.45, 2.75) is 108 Å². The fraction of sp³-hybridized carbons (Fsp3) is 0.459. The van der Waals surface area contributed by atoms with E-state index in [1.54, 1.807) is 11.6 Å². The molecule has 0 aliphatic heterocycles. The molecule has 2 aromatic carbocycles. The van der Waals surface area contributed by atoms with Crippen molar-refractivity contribution in [2.24, 2.45) is 7.05 Å². The minimum absolute atomic E-state index is 0. The highest BCUT2D eigenvalue weighted by Crippen LogP contribution is 2.24. The zero-order chi connectivity index (χ0) is 31.5. The predicted molar refractivity (Wildman–Crippen MR) is 191 cm³/mol. The van der Waals surface area contributed by atoms with E-state index in [2.05, 4.69) is 64.2 Å². The van der Waals surface area contributed by atoms with Crippen LogP contribution in [0.5, 0.6) is 0 Å². The molecule has 0 N–H and O–H groups in total. The average molecular weight is 595 g/mol. The highest BCUT2D eigenvalue weighted by Gasteiger charge is 2.10. The van der Waals surface area contributed by atoms with Crippen LogP contribution in [-0.4, -0.2) is 9.72 Å². The highest BCUT2D eigenvalue weighted by atomic mass is 32.1. The van der Waals surface area contributed by atoms with E-state index in [0.29, 0.717) is 17.8 Å². The SMILES string of the molecule is C.CC.CC.CC.CC(C)c1cccs1.CC(C)c1cn(C)c(=O)c2ccccc12.CC(C)c1noc2ccccc12. The Hall–Kier alpha value is -3.18. The van der Waals surface area contributed by atoms with E-state index in [-0.39, 0.29) is 13.0 Å². The standard InChI is InChI=1S/C13H15NO.C10H11NO.C7H10S.3C2H6.CH4/c1-9(2)12-8-14(3)13(15)11-7-5-4-6-10(11)12;1-7(2)10-8-5-3-4-6-9(8)12-11-10;1-6(2)7-4-3-5-8-7;3*1-2;/h4-9H,1-3H3;3-7H,1-2H3;3-6H,1-2H3;3*1-2H3;1H4. The Balaban J connectivity index is 0. The molecule has 0 fully saturated rings. The molecule has 3 aromatic heterocycles. The van der Waals surface area contributed by atoms with Crippen molar-refractivity contribution in [3.63, 3.8) is 0 Å². The number of fused-ring (bicyclic) bond motifs is 2. The number of aryl methyl sites for hydroxylation is 1. The summed E-state index contributed by atoms with van der Waals surface area (Å²) in [6.07, 6.45) is 1.94. The molecule has 42 heavy (non-hydrogen) atoms. The molecule has 5 rings (SSSR count). The molecule has 0 saturated carbocycles. The van der Waals surface area contributed by atoms with Crippen LogP contribution in [0.3, 0.4) is 0 Å². The largest absolute Gasteiger partial charge is 0.356 e. The maximum atomic E-state index is 11.9. The lowest BCUT2D eigenvalue weighted by Gasteiger charge is -2.11. The van der Waals surface area contributed by atoms with Gasteiger partial charge in [0.2, 0.25) is 0 Å². The van der Waals surface area contributed by atoms with E-state index in [0.717, 1.165) is 27.4 Å². The molecule has 5 heteroatoms. The quantitative estimate of drug-likeness (QED) is 0.209. The van der Waals surface area contributed by atoms with Crippen molar-refractivity contribution >= 4 is 33.1 Å². The monoisotopic (exact) mass is 594 g/mol. The molecule has 234 valence electrons. The Morgan fingerprint density at radius 1 is 0.690 bits per heavy atom. The minimum atomic E-state index is 0. The van der Waals surface area contributed by atoms with Gasteiger partial charge in [0, 0.05) is 28.9 Å². The number of rotatable bonds is 3. The predicted octanol–water partition coefficient (Wildman–Crippen LogP) is 12.2. The molecule has 3 heterocycles. The van der Waals surface area contributed by atoms with Crippen LogP contribution in [0.4, 0.5) is 0 Å². The molecule has 0 spiro atoms. The summed E-state index contributed by atoms with van der Waals surface area (Å²) in [5, 5.41) is 9.16. The van der Waals surface area contributed by atoms with E-state index in [4.69, 9.17) is 4.52 Å². The van der Waals surface area contributed by atoms with Gasteiger partial charge >= 0.3 is 0 Å². The molecule has 0 saturated heterocycles. The maximum Gasteiger partial charge on any atom is 0.258 e.